The van der Waals surface area contributed by atoms with E-state index in [1.54, 1.807) is 13.1 Å². The molecule has 0 saturated carbocycles. The van der Waals surface area contributed by atoms with Crippen LogP contribution in [0.25, 0.3) is 6.08 Å². The van der Waals surface area contributed by atoms with E-state index in [1.807, 2.05) is 30.3 Å². The predicted octanol–water partition coefficient (Wildman–Crippen LogP) is -0.897. The monoisotopic (exact) mass is 260 g/mol. The zero-order valence-corrected chi connectivity index (χ0v) is 13.1. The van der Waals surface area contributed by atoms with Gasteiger partial charge < -0.3 is 10.0 Å². The summed E-state index contributed by atoms with van der Waals surface area (Å²) in [4.78, 5) is 1.43. The van der Waals surface area contributed by atoms with Crippen LogP contribution in [-0.2, 0) is 5.54 Å². The van der Waals surface area contributed by atoms with E-state index >= 15 is 0 Å². The van der Waals surface area contributed by atoms with Gasteiger partial charge in [0.2, 0.25) is 0 Å². The van der Waals surface area contributed by atoms with E-state index in [2.05, 4.69) is 12.6 Å². The van der Waals surface area contributed by atoms with Gasteiger partial charge >= 0.3 is 29.6 Å². The average Bonchev–Trinajstić information content (AvgIpc) is 2.39. The molecule has 0 amide bonds. The van der Waals surface area contributed by atoms with Crippen molar-refractivity contribution in [1.82, 2.24) is 4.90 Å². The predicted molar refractivity (Wildman–Crippen MR) is 68.6 cm³/mol. The fourth-order valence-corrected chi connectivity index (χ4v) is 2.11. The Kier molecular flexibility index (Phi) is 5.02. The molecule has 0 saturated heterocycles. The number of nitrogens with zero attached hydrogens (tertiary/aromatic N) is 2. The van der Waals surface area contributed by atoms with Crippen molar-refractivity contribution in [2.45, 2.75) is 12.5 Å². The minimum atomic E-state index is -0.984. The Bertz CT molecular complexity index is 586. The molecule has 19 heavy (non-hydrogen) atoms. The molecule has 2 rings (SSSR count). The molecule has 3 nitrogen and oxygen atoms in total. The van der Waals surface area contributed by atoms with Crippen molar-refractivity contribution in [3.8, 4) is 6.07 Å². The topological polar surface area (TPSA) is 50.1 Å². The number of rotatable bonds is 2. The molecule has 1 aliphatic rings. The third-order valence-electron chi connectivity index (χ3n) is 3.09. The Morgan fingerprint density at radius 1 is 1.47 bits per heavy atom. The Balaban J connectivity index is 0.00000180. The standard InChI is InChI=1S/C15H14N2O.Na/c1-3-6-14(18)17-10-9-12-7-4-5-8-13(12)15(17,2)11-16;/h3-10,18H,1H2,2H3;/q;+1/p-1/b14-6-;. The summed E-state index contributed by atoms with van der Waals surface area (Å²) in [6, 6.07) is 9.81. The molecule has 90 valence electrons. The maximum atomic E-state index is 12.0. The summed E-state index contributed by atoms with van der Waals surface area (Å²) in [7, 11) is 0. The summed E-state index contributed by atoms with van der Waals surface area (Å²) in [5.41, 5.74) is 0.812. The van der Waals surface area contributed by atoms with Crippen molar-refractivity contribution in [1.29, 1.82) is 5.26 Å². The molecule has 1 aromatic rings. The van der Waals surface area contributed by atoms with Crippen molar-refractivity contribution in [2.75, 3.05) is 0 Å². The number of hydrogen-bond acceptors (Lipinski definition) is 3. The second-order valence-electron chi connectivity index (χ2n) is 4.20. The van der Waals surface area contributed by atoms with E-state index in [0.717, 1.165) is 11.1 Å². The Morgan fingerprint density at radius 2 is 2.16 bits per heavy atom. The van der Waals surface area contributed by atoms with E-state index in [4.69, 9.17) is 0 Å². The van der Waals surface area contributed by atoms with Gasteiger partial charge in [0.25, 0.3) is 0 Å². The third-order valence-corrected chi connectivity index (χ3v) is 3.09. The molecular formula is C15H13N2NaO. The SMILES string of the molecule is C=C/C=C(\[O-])N1C=Cc2ccccc2C1(C)C#N.[Na+]. The Morgan fingerprint density at radius 3 is 2.79 bits per heavy atom. The van der Waals surface area contributed by atoms with Crippen molar-refractivity contribution < 1.29 is 34.7 Å². The summed E-state index contributed by atoms with van der Waals surface area (Å²) in [5.74, 6) is -0.250. The van der Waals surface area contributed by atoms with Gasteiger partial charge in [0.15, 0.2) is 5.54 Å². The Hall–Kier alpha value is -1.47. The van der Waals surface area contributed by atoms with Crippen LogP contribution in [0.5, 0.6) is 0 Å². The minimum absolute atomic E-state index is 0. The molecule has 4 heteroatoms. The molecule has 0 radical (unpaired) electrons. The molecule has 1 atom stereocenters. The van der Waals surface area contributed by atoms with Gasteiger partial charge in [-0.2, -0.15) is 5.26 Å². The van der Waals surface area contributed by atoms with E-state index in [-0.39, 0.29) is 35.4 Å². The molecular weight excluding hydrogens is 247 g/mol. The zero-order valence-electron chi connectivity index (χ0n) is 11.1. The normalized spacial score (nSPS) is 21.1. The third kappa shape index (κ3) is 2.62. The van der Waals surface area contributed by atoms with E-state index in [9.17, 15) is 10.4 Å². The van der Waals surface area contributed by atoms with E-state index < -0.39 is 5.54 Å². The van der Waals surface area contributed by atoms with E-state index in [1.165, 1.54) is 17.1 Å². The summed E-state index contributed by atoms with van der Waals surface area (Å²) in [5, 5.41) is 21.4. The maximum Gasteiger partial charge on any atom is 1.00 e. The van der Waals surface area contributed by atoms with Crippen molar-refractivity contribution in [2.24, 2.45) is 0 Å². The van der Waals surface area contributed by atoms with Gasteiger partial charge in [-0.05, 0) is 30.0 Å². The molecule has 0 spiro atoms. The molecule has 1 heterocycles. The van der Waals surface area contributed by atoms with E-state index in [0.29, 0.717) is 0 Å². The number of allylic oxidation sites excluding steroid dienone is 2. The number of benzene rings is 1. The number of nitriles is 1. The Labute approximate surface area is 135 Å². The molecule has 0 fully saturated rings. The molecule has 0 aromatic heterocycles. The summed E-state index contributed by atoms with van der Waals surface area (Å²) in [6.45, 7) is 5.24. The fourth-order valence-electron chi connectivity index (χ4n) is 2.11. The first-order chi connectivity index (χ1) is 8.63. The second kappa shape index (κ2) is 6.12. The molecule has 1 aromatic carbocycles. The van der Waals surface area contributed by atoms with Gasteiger partial charge in [0.05, 0.1) is 6.07 Å². The van der Waals surface area contributed by atoms with Gasteiger partial charge in [-0.15, -0.1) is 0 Å². The van der Waals surface area contributed by atoms with Crippen molar-refractivity contribution in [3.63, 3.8) is 0 Å². The number of hydrogen-bond donors (Lipinski definition) is 0. The van der Waals surface area contributed by atoms with Gasteiger partial charge in [-0.25, -0.2) is 0 Å². The van der Waals surface area contributed by atoms with Crippen LogP contribution >= 0.6 is 0 Å². The van der Waals surface area contributed by atoms with Crippen molar-refractivity contribution in [3.05, 3.63) is 66.2 Å². The quantitative estimate of drug-likeness (QED) is 0.393. The summed E-state index contributed by atoms with van der Waals surface area (Å²) < 4.78 is 0. The van der Waals surface area contributed by atoms with Crippen LogP contribution in [0, 0.1) is 11.3 Å². The van der Waals surface area contributed by atoms with Crippen LogP contribution in [0.3, 0.4) is 0 Å². The van der Waals surface area contributed by atoms with Crippen LogP contribution in [0.4, 0.5) is 0 Å². The minimum Gasteiger partial charge on any atom is -0.860 e. The molecule has 0 aliphatic carbocycles. The average molecular weight is 260 g/mol. The van der Waals surface area contributed by atoms with Gasteiger partial charge in [0.1, 0.15) is 0 Å². The maximum absolute atomic E-state index is 12.0. The van der Waals surface area contributed by atoms with Crippen molar-refractivity contribution >= 4 is 6.08 Å². The largest absolute Gasteiger partial charge is 1.00 e. The first-order valence-corrected chi connectivity index (χ1v) is 5.61. The van der Waals surface area contributed by atoms with Gasteiger partial charge in [-0.3, -0.25) is 0 Å². The zero-order chi connectivity index (χ0) is 13.2. The van der Waals surface area contributed by atoms with Crippen LogP contribution in [0.1, 0.15) is 18.1 Å². The van der Waals surface area contributed by atoms with Gasteiger partial charge in [0, 0.05) is 6.20 Å². The number of fused-ring (bicyclic) bond motifs is 1. The summed E-state index contributed by atoms with van der Waals surface area (Å²) in [6.07, 6.45) is 6.26. The molecule has 0 N–H and O–H groups in total. The van der Waals surface area contributed by atoms with Crippen LogP contribution in [0.15, 0.2) is 55.1 Å². The smallest absolute Gasteiger partial charge is 0.860 e. The molecule has 1 aliphatic heterocycles. The van der Waals surface area contributed by atoms with Gasteiger partial charge in [-0.1, -0.05) is 43.0 Å². The first-order valence-electron chi connectivity index (χ1n) is 5.61. The molecule has 1 unspecified atom stereocenters. The van der Waals surface area contributed by atoms with Crippen LogP contribution in [0.2, 0.25) is 0 Å². The fraction of sp³-hybridized carbons (Fsp3) is 0.133. The van der Waals surface area contributed by atoms with Crippen LogP contribution < -0.4 is 34.7 Å². The second-order valence-corrected chi connectivity index (χ2v) is 4.20. The summed E-state index contributed by atoms with van der Waals surface area (Å²) >= 11 is 0. The first kappa shape index (κ1) is 15.6. The molecule has 0 bridgehead atoms. The van der Waals surface area contributed by atoms with Crippen LogP contribution in [-0.4, -0.2) is 4.90 Å².